The summed E-state index contributed by atoms with van der Waals surface area (Å²) < 4.78 is 5.18. The number of para-hydroxylation sites is 1. The Morgan fingerprint density at radius 1 is 0.793 bits per heavy atom. The number of ether oxygens (including phenoxy) is 1. The molecule has 1 aliphatic heterocycles. The largest absolute Gasteiger partial charge is 0.497 e. The Morgan fingerprint density at radius 2 is 1.45 bits per heavy atom. The molecule has 29 heavy (non-hydrogen) atoms. The molecule has 5 nitrogen and oxygen atoms in total. The number of methoxy groups -OCH3 is 1. The zero-order chi connectivity index (χ0) is 20.4. The lowest BCUT2D eigenvalue weighted by molar-refractivity contribution is -0.120. The topological polar surface area (TPSA) is 58.6 Å². The molecule has 0 saturated heterocycles. The van der Waals surface area contributed by atoms with E-state index < -0.39 is 0 Å². The summed E-state index contributed by atoms with van der Waals surface area (Å²) in [5, 5.41) is 3.15. The third kappa shape index (κ3) is 3.50. The summed E-state index contributed by atoms with van der Waals surface area (Å²) >= 11 is 0. The van der Waals surface area contributed by atoms with Crippen LogP contribution in [0, 0.1) is 6.92 Å². The number of imide groups is 1. The fraction of sp³-hybridized carbons (Fsp3) is 0.0833. The summed E-state index contributed by atoms with van der Waals surface area (Å²) in [6, 6.07) is 23.8. The highest BCUT2D eigenvalue weighted by Crippen LogP contribution is 2.34. The van der Waals surface area contributed by atoms with Crippen molar-refractivity contribution in [3.8, 4) is 5.75 Å². The van der Waals surface area contributed by atoms with E-state index in [1.54, 1.807) is 31.4 Å². The van der Waals surface area contributed by atoms with Crippen LogP contribution in [0.15, 0.2) is 84.6 Å². The van der Waals surface area contributed by atoms with E-state index in [0.29, 0.717) is 22.6 Å². The first-order valence-electron chi connectivity index (χ1n) is 9.24. The predicted molar refractivity (Wildman–Crippen MR) is 114 cm³/mol. The molecule has 3 aromatic rings. The number of hydrogen-bond acceptors (Lipinski definition) is 4. The van der Waals surface area contributed by atoms with E-state index in [1.165, 1.54) is 4.90 Å². The number of amides is 2. The number of aryl methyl sites for hydroxylation is 1. The smallest absolute Gasteiger partial charge is 0.282 e. The zero-order valence-electron chi connectivity index (χ0n) is 16.2. The zero-order valence-corrected chi connectivity index (χ0v) is 16.2. The number of nitrogens with one attached hydrogen (secondary N) is 1. The monoisotopic (exact) mass is 384 g/mol. The number of nitrogens with zero attached hydrogens (tertiary/aromatic N) is 1. The maximum Gasteiger partial charge on any atom is 0.282 e. The van der Waals surface area contributed by atoms with Crippen LogP contribution in [-0.2, 0) is 9.59 Å². The van der Waals surface area contributed by atoms with Crippen molar-refractivity contribution < 1.29 is 14.3 Å². The van der Waals surface area contributed by atoms with E-state index in [1.807, 2.05) is 61.5 Å². The molecule has 144 valence electrons. The molecule has 5 heteroatoms. The maximum absolute atomic E-state index is 13.3. The average Bonchev–Trinajstić information content (AvgIpc) is 2.99. The summed E-state index contributed by atoms with van der Waals surface area (Å²) in [6.45, 7) is 1.98. The molecule has 0 bridgehead atoms. The molecule has 1 aliphatic rings. The van der Waals surface area contributed by atoms with E-state index >= 15 is 0 Å². The van der Waals surface area contributed by atoms with Gasteiger partial charge in [0.1, 0.15) is 11.4 Å². The second kappa shape index (κ2) is 7.64. The first kappa shape index (κ1) is 18.5. The van der Waals surface area contributed by atoms with Crippen molar-refractivity contribution in [1.82, 2.24) is 0 Å². The lowest BCUT2D eigenvalue weighted by atomic mass is 10.0. The fourth-order valence-corrected chi connectivity index (χ4v) is 3.27. The third-order valence-electron chi connectivity index (χ3n) is 4.80. The van der Waals surface area contributed by atoms with Crippen molar-refractivity contribution in [3.05, 3.63) is 95.7 Å². The number of carbonyl (C=O) groups is 2. The standard InChI is InChI=1S/C24H20N2O3/c1-16-8-10-17(11-9-16)21-22(25-18-6-4-3-5-7-18)24(28)26(23(21)27)19-12-14-20(29-2)15-13-19/h3-15,25H,1-2H3. The predicted octanol–water partition coefficient (Wildman–Crippen LogP) is 4.40. The van der Waals surface area contributed by atoms with Crippen molar-refractivity contribution in [2.24, 2.45) is 0 Å². The lowest BCUT2D eigenvalue weighted by Gasteiger charge is -2.16. The SMILES string of the molecule is COc1ccc(N2C(=O)C(Nc3ccccc3)=C(c3ccc(C)cc3)C2=O)cc1. The van der Waals surface area contributed by atoms with Gasteiger partial charge in [-0.05, 0) is 48.9 Å². The van der Waals surface area contributed by atoms with Gasteiger partial charge in [-0.2, -0.15) is 0 Å². The molecule has 0 fully saturated rings. The van der Waals surface area contributed by atoms with Gasteiger partial charge in [0.2, 0.25) is 0 Å². The van der Waals surface area contributed by atoms with Gasteiger partial charge < -0.3 is 10.1 Å². The normalized spacial score (nSPS) is 13.8. The molecule has 0 radical (unpaired) electrons. The van der Waals surface area contributed by atoms with Crippen molar-refractivity contribution in [1.29, 1.82) is 0 Å². The van der Waals surface area contributed by atoms with Crippen LogP contribution in [0.25, 0.3) is 5.57 Å². The molecule has 0 saturated carbocycles. The molecule has 1 N–H and O–H groups in total. The Kier molecular flexibility index (Phi) is 4.87. The number of benzene rings is 3. The molecule has 3 aromatic carbocycles. The Hall–Kier alpha value is -3.86. The summed E-state index contributed by atoms with van der Waals surface area (Å²) in [5.74, 6) is -0.0933. The minimum absolute atomic E-state index is 0.265. The summed E-state index contributed by atoms with van der Waals surface area (Å²) in [4.78, 5) is 27.8. The van der Waals surface area contributed by atoms with Crippen LogP contribution in [0.5, 0.6) is 5.75 Å². The van der Waals surface area contributed by atoms with Gasteiger partial charge in [-0.1, -0.05) is 48.0 Å². The average molecular weight is 384 g/mol. The van der Waals surface area contributed by atoms with Gasteiger partial charge in [0, 0.05) is 5.69 Å². The molecule has 0 spiro atoms. The van der Waals surface area contributed by atoms with E-state index in [0.717, 1.165) is 11.3 Å². The Balaban J connectivity index is 1.79. The van der Waals surface area contributed by atoms with E-state index in [2.05, 4.69) is 5.32 Å². The van der Waals surface area contributed by atoms with Crippen LogP contribution in [0.1, 0.15) is 11.1 Å². The van der Waals surface area contributed by atoms with Crippen molar-refractivity contribution in [2.75, 3.05) is 17.3 Å². The number of carbonyl (C=O) groups excluding carboxylic acids is 2. The first-order chi connectivity index (χ1) is 14.1. The molecular formula is C24H20N2O3. The highest BCUT2D eigenvalue weighted by atomic mass is 16.5. The number of rotatable bonds is 5. The van der Waals surface area contributed by atoms with E-state index in [4.69, 9.17) is 4.74 Å². The van der Waals surface area contributed by atoms with Crippen molar-refractivity contribution >= 4 is 28.8 Å². The first-order valence-corrected chi connectivity index (χ1v) is 9.24. The highest BCUT2D eigenvalue weighted by Gasteiger charge is 2.40. The van der Waals surface area contributed by atoms with Crippen LogP contribution in [0.4, 0.5) is 11.4 Å². The highest BCUT2D eigenvalue weighted by molar-refractivity contribution is 6.46. The van der Waals surface area contributed by atoms with Gasteiger partial charge in [0.25, 0.3) is 11.8 Å². The quantitative estimate of drug-likeness (QED) is 0.663. The van der Waals surface area contributed by atoms with Gasteiger partial charge in [0.05, 0.1) is 18.4 Å². The van der Waals surface area contributed by atoms with Crippen LogP contribution in [0.2, 0.25) is 0 Å². The third-order valence-corrected chi connectivity index (χ3v) is 4.80. The second-order valence-corrected chi connectivity index (χ2v) is 6.75. The van der Waals surface area contributed by atoms with Crippen LogP contribution < -0.4 is 15.0 Å². The number of anilines is 2. The summed E-state index contributed by atoms with van der Waals surface area (Å²) in [5.41, 5.74) is 3.63. The Labute approximate surface area is 169 Å². The molecule has 1 heterocycles. The van der Waals surface area contributed by atoms with Gasteiger partial charge in [0.15, 0.2) is 0 Å². The van der Waals surface area contributed by atoms with Crippen LogP contribution >= 0.6 is 0 Å². The summed E-state index contributed by atoms with van der Waals surface area (Å²) in [7, 11) is 1.57. The molecule has 4 rings (SSSR count). The van der Waals surface area contributed by atoms with Crippen LogP contribution in [0.3, 0.4) is 0 Å². The van der Waals surface area contributed by atoms with Crippen molar-refractivity contribution in [3.63, 3.8) is 0 Å². The lowest BCUT2D eigenvalue weighted by Crippen LogP contribution is -2.32. The van der Waals surface area contributed by atoms with Gasteiger partial charge in [-0.3, -0.25) is 9.59 Å². The molecule has 0 atom stereocenters. The molecule has 0 unspecified atom stereocenters. The van der Waals surface area contributed by atoms with Crippen molar-refractivity contribution in [2.45, 2.75) is 6.92 Å². The molecule has 2 amide bonds. The molecular weight excluding hydrogens is 364 g/mol. The second-order valence-electron chi connectivity index (χ2n) is 6.75. The van der Waals surface area contributed by atoms with Gasteiger partial charge in [-0.25, -0.2) is 4.90 Å². The van der Waals surface area contributed by atoms with E-state index in [-0.39, 0.29) is 17.5 Å². The minimum Gasteiger partial charge on any atom is -0.497 e. The Morgan fingerprint density at radius 3 is 2.07 bits per heavy atom. The summed E-state index contributed by atoms with van der Waals surface area (Å²) in [6.07, 6.45) is 0. The maximum atomic E-state index is 13.3. The van der Waals surface area contributed by atoms with Gasteiger partial charge in [-0.15, -0.1) is 0 Å². The minimum atomic E-state index is -0.389. The number of hydrogen-bond donors (Lipinski definition) is 1. The van der Waals surface area contributed by atoms with Gasteiger partial charge >= 0.3 is 0 Å². The fourth-order valence-electron chi connectivity index (χ4n) is 3.27. The molecule has 0 aliphatic carbocycles. The van der Waals surface area contributed by atoms with E-state index in [9.17, 15) is 9.59 Å². The van der Waals surface area contributed by atoms with Crippen LogP contribution in [-0.4, -0.2) is 18.9 Å². The molecule has 0 aromatic heterocycles. The Bertz CT molecular complexity index is 1090.